The molecule has 0 aromatic carbocycles. The topological polar surface area (TPSA) is 38.4 Å². The minimum atomic E-state index is 0.752. The van der Waals surface area contributed by atoms with Crippen LogP contribution in [0.4, 0.5) is 0 Å². The van der Waals surface area contributed by atoms with Gasteiger partial charge in [0.2, 0.25) is 0 Å². The van der Waals surface area contributed by atoms with Crippen molar-refractivity contribution in [3.8, 4) is 0 Å². The monoisotopic (exact) mass is 96.1 g/mol. The molecule has 2 heteroatoms. The molecule has 1 heterocycles. The third kappa shape index (κ3) is 1.03. The van der Waals surface area contributed by atoms with E-state index in [4.69, 9.17) is 5.73 Å². The highest BCUT2D eigenvalue weighted by atomic mass is 14.8. The van der Waals surface area contributed by atoms with Crippen molar-refractivity contribution in [2.75, 3.05) is 0 Å². The van der Waals surface area contributed by atoms with Gasteiger partial charge in [0.05, 0.1) is 5.84 Å². The Morgan fingerprint density at radius 1 is 1.71 bits per heavy atom. The first-order chi connectivity index (χ1) is 3.39. The zero-order valence-electron chi connectivity index (χ0n) is 4.09. The Bertz CT molecular complexity index is 113. The van der Waals surface area contributed by atoms with Crippen LogP contribution in [0.5, 0.6) is 0 Å². The average Bonchev–Trinajstić information content (AvgIpc) is 1.69. The van der Waals surface area contributed by atoms with Gasteiger partial charge in [0.15, 0.2) is 0 Å². The number of nitrogens with zero attached hydrogens (tertiary/aromatic N) is 1. The number of aliphatic imine (C=N–C) groups is 1. The molecular formula is C5H8N2. The van der Waals surface area contributed by atoms with Crippen molar-refractivity contribution < 1.29 is 0 Å². The van der Waals surface area contributed by atoms with Crippen molar-refractivity contribution in [1.29, 1.82) is 0 Å². The Morgan fingerprint density at radius 2 is 2.57 bits per heavy atom. The quantitative estimate of drug-likeness (QED) is 0.472. The van der Waals surface area contributed by atoms with E-state index in [2.05, 4.69) is 4.99 Å². The van der Waals surface area contributed by atoms with Gasteiger partial charge < -0.3 is 5.73 Å². The number of hydrogen-bond donors (Lipinski definition) is 1. The van der Waals surface area contributed by atoms with E-state index >= 15 is 0 Å². The second-order valence-electron chi connectivity index (χ2n) is 1.54. The third-order valence-electron chi connectivity index (χ3n) is 0.913. The van der Waals surface area contributed by atoms with E-state index in [0.717, 1.165) is 18.7 Å². The molecule has 0 radical (unpaired) electrons. The highest BCUT2D eigenvalue weighted by molar-refractivity contribution is 5.81. The predicted octanol–water partition coefficient (Wildman–Crippen LogP) is 0.651. The lowest BCUT2D eigenvalue weighted by Gasteiger charge is -1.97. The lowest BCUT2D eigenvalue weighted by atomic mass is 10.2. The van der Waals surface area contributed by atoms with Gasteiger partial charge in [-0.15, -0.1) is 0 Å². The first-order valence-corrected chi connectivity index (χ1v) is 2.37. The van der Waals surface area contributed by atoms with Crippen molar-refractivity contribution >= 4 is 5.84 Å². The average molecular weight is 96.1 g/mol. The van der Waals surface area contributed by atoms with E-state index in [1.807, 2.05) is 6.08 Å². The molecule has 0 unspecified atom stereocenters. The number of rotatable bonds is 0. The van der Waals surface area contributed by atoms with Crippen LogP contribution in [-0.4, -0.2) is 5.84 Å². The summed E-state index contributed by atoms with van der Waals surface area (Å²) in [6.45, 7) is 0. The zero-order valence-corrected chi connectivity index (χ0v) is 4.09. The summed E-state index contributed by atoms with van der Waals surface area (Å²) in [5, 5.41) is 0. The number of hydrogen-bond acceptors (Lipinski definition) is 2. The van der Waals surface area contributed by atoms with Crippen molar-refractivity contribution in [2.45, 2.75) is 12.8 Å². The summed E-state index contributed by atoms with van der Waals surface area (Å²) in [6.07, 6.45) is 5.74. The molecule has 1 aliphatic rings. The Kier molecular flexibility index (Phi) is 1.11. The van der Waals surface area contributed by atoms with Crippen molar-refractivity contribution in [3.63, 3.8) is 0 Å². The predicted molar refractivity (Wildman–Crippen MR) is 30.0 cm³/mol. The first-order valence-electron chi connectivity index (χ1n) is 2.37. The minimum Gasteiger partial charge on any atom is -0.387 e. The molecule has 1 rings (SSSR count). The number of amidine groups is 1. The Balaban J connectivity index is 2.57. The molecule has 0 saturated heterocycles. The smallest absolute Gasteiger partial charge is 0.0991 e. The molecule has 0 fully saturated rings. The molecule has 0 saturated carbocycles. The van der Waals surface area contributed by atoms with Crippen LogP contribution in [0.2, 0.25) is 0 Å². The molecule has 38 valence electrons. The molecule has 1 aliphatic heterocycles. The molecule has 2 nitrogen and oxygen atoms in total. The summed E-state index contributed by atoms with van der Waals surface area (Å²) in [6, 6.07) is 0. The van der Waals surface area contributed by atoms with E-state index in [-0.39, 0.29) is 0 Å². The van der Waals surface area contributed by atoms with E-state index in [9.17, 15) is 0 Å². The fourth-order valence-electron chi connectivity index (χ4n) is 0.519. The maximum atomic E-state index is 5.33. The Morgan fingerprint density at radius 3 is 2.86 bits per heavy atom. The van der Waals surface area contributed by atoms with E-state index in [1.165, 1.54) is 0 Å². The van der Waals surface area contributed by atoms with E-state index in [1.54, 1.807) is 6.20 Å². The molecule has 0 aliphatic carbocycles. The molecule has 7 heavy (non-hydrogen) atoms. The van der Waals surface area contributed by atoms with Crippen molar-refractivity contribution in [3.05, 3.63) is 12.3 Å². The van der Waals surface area contributed by atoms with Gasteiger partial charge in [-0.2, -0.15) is 0 Å². The van der Waals surface area contributed by atoms with Gasteiger partial charge in [-0.05, 0) is 6.42 Å². The SMILES string of the molecule is NC1=NC=CCC1. The standard InChI is InChI=1S/C5H8N2/c6-5-3-1-2-4-7-5/h2,4H,1,3H2,(H2,6,7). The second kappa shape index (κ2) is 1.78. The zero-order chi connectivity index (χ0) is 5.11. The van der Waals surface area contributed by atoms with Gasteiger partial charge in [-0.3, -0.25) is 0 Å². The molecule has 2 N–H and O–H groups in total. The summed E-state index contributed by atoms with van der Waals surface area (Å²) in [5.74, 6) is 0.752. The lowest BCUT2D eigenvalue weighted by Crippen LogP contribution is -2.11. The molecule has 0 aromatic rings. The summed E-state index contributed by atoms with van der Waals surface area (Å²) in [4.78, 5) is 3.84. The van der Waals surface area contributed by atoms with Gasteiger partial charge >= 0.3 is 0 Å². The lowest BCUT2D eigenvalue weighted by molar-refractivity contribution is 1.04. The fourth-order valence-corrected chi connectivity index (χ4v) is 0.519. The molecule has 0 atom stereocenters. The van der Waals surface area contributed by atoms with Crippen LogP contribution in [0.25, 0.3) is 0 Å². The normalized spacial score (nSPS) is 19.1. The molecule has 0 spiro atoms. The van der Waals surface area contributed by atoms with Crippen LogP contribution in [0.15, 0.2) is 17.3 Å². The van der Waals surface area contributed by atoms with Crippen molar-refractivity contribution in [2.24, 2.45) is 10.7 Å². The summed E-state index contributed by atoms with van der Waals surface area (Å²) in [7, 11) is 0. The van der Waals surface area contributed by atoms with Gasteiger partial charge in [0.1, 0.15) is 0 Å². The minimum absolute atomic E-state index is 0.752. The highest BCUT2D eigenvalue weighted by Crippen LogP contribution is 1.97. The van der Waals surface area contributed by atoms with Crippen LogP contribution < -0.4 is 5.73 Å². The maximum absolute atomic E-state index is 5.33. The van der Waals surface area contributed by atoms with E-state index < -0.39 is 0 Å². The Hall–Kier alpha value is -0.790. The van der Waals surface area contributed by atoms with Crippen LogP contribution in [-0.2, 0) is 0 Å². The van der Waals surface area contributed by atoms with Gasteiger partial charge in [0, 0.05) is 12.6 Å². The van der Waals surface area contributed by atoms with Crippen molar-refractivity contribution in [1.82, 2.24) is 0 Å². The van der Waals surface area contributed by atoms with Crippen LogP contribution in [0, 0.1) is 0 Å². The maximum Gasteiger partial charge on any atom is 0.0991 e. The third-order valence-corrected chi connectivity index (χ3v) is 0.913. The fraction of sp³-hybridized carbons (Fsp3) is 0.400. The Labute approximate surface area is 42.7 Å². The first kappa shape index (κ1) is 4.37. The van der Waals surface area contributed by atoms with Gasteiger partial charge in [0.25, 0.3) is 0 Å². The second-order valence-corrected chi connectivity index (χ2v) is 1.54. The number of nitrogens with two attached hydrogens (primary N) is 1. The largest absolute Gasteiger partial charge is 0.387 e. The summed E-state index contributed by atoms with van der Waals surface area (Å²) < 4.78 is 0. The summed E-state index contributed by atoms with van der Waals surface area (Å²) in [5.41, 5.74) is 5.33. The van der Waals surface area contributed by atoms with Gasteiger partial charge in [-0.1, -0.05) is 6.08 Å². The molecular weight excluding hydrogens is 88.1 g/mol. The number of allylic oxidation sites excluding steroid dienone is 1. The van der Waals surface area contributed by atoms with E-state index in [0.29, 0.717) is 0 Å². The highest BCUT2D eigenvalue weighted by Gasteiger charge is 1.90. The van der Waals surface area contributed by atoms with Crippen LogP contribution in [0.1, 0.15) is 12.8 Å². The van der Waals surface area contributed by atoms with Crippen LogP contribution >= 0.6 is 0 Å². The summed E-state index contributed by atoms with van der Waals surface area (Å²) >= 11 is 0. The molecule has 0 aromatic heterocycles. The van der Waals surface area contributed by atoms with Gasteiger partial charge in [-0.25, -0.2) is 4.99 Å². The molecule has 0 bridgehead atoms. The van der Waals surface area contributed by atoms with Crippen LogP contribution in [0.3, 0.4) is 0 Å². The molecule has 0 amide bonds.